The average molecular weight is 236 g/mol. The second kappa shape index (κ2) is 4.37. The van der Waals surface area contributed by atoms with Crippen molar-refractivity contribution in [3.8, 4) is 0 Å². The Kier molecular flexibility index (Phi) is 3.10. The summed E-state index contributed by atoms with van der Waals surface area (Å²) in [6, 6.07) is 8.01. The molecule has 0 aliphatic carbocycles. The van der Waals surface area contributed by atoms with Crippen molar-refractivity contribution in [2.45, 2.75) is 25.3 Å². The third kappa shape index (κ3) is 2.02. The number of anilines is 1. The van der Waals surface area contributed by atoms with E-state index in [-0.39, 0.29) is 17.3 Å². The molecule has 1 heterocycles. The molecule has 1 saturated heterocycles. The molecule has 2 rings (SSSR count). The molecule has 1 unspecified atom stereocenters. The van der Waals surface area contributed by atoms with Gasteiger partial charge in [-0.2, -0.15) is 0 Å². The monoisotopic (exact) mass is 236 g/mol. The predicted molar refractivity (Wildman–Crippen MR) is 68.0 cm³/mol. The van der Waals surface area contributed by atoms with Crippen LogP contribution in [0.1, 0.15) is 24.8 Å². The van der Waals surface area contributed by atoms with E-state index >= 15 is 0 Å². The molecule has 2 N–H and O–H groups in total. The zero-order chi connectivity index (χ0) is 11.7. The summed E-state index contributed by atoms with van der Waals surface area (Å²) in [6.07, 6.45) is 0. The molecule has 4 heteroatoms. The minimum Gasteiger partial charge on any atom is -0.399 e. The lowest BCUT2D eigenvalue weighted by Gasteiger charge is -2.28. The molecule has 0 aromatic heterocycles. The van der Waals surface area contributed by atoms with E-state index in [1.165, 1.54) is 0 Å². The van der Waals surface area contributed by atoms with Gasteiger partial charge < -0.3 is 10.6 Å². The lowest BCUT2D eigenvalue weighted by molar-refractivity contribution is -0.129. The Labute approximate surface area is 100.0 Å². The Balaban J connectivity index is 2.26. The molecule has 1 aromatic carbocycles. The summed E-state index contributed by atoms with van der Waals surface area (Å²) in [5.74, 6) is 0.801. The van der Waals surface area contributed by atoms with Crippen molar-refractivity contribution in [2.24, 2.45) is 0 Å². The topological polar surface area (TPSA) is 46.3 Å². The van der Waals surface area contributed by atoms with Gasteiger partial charge in [0, 0.05) is 11.7 Å². The van der Waals surface area contributed by atoms with Crippen LogP contribution in [-0.2, 0) is 4.79 Å². The number of benzene rings is 1. The molecule has 1 aliphatic heterocycles. The maximum atomic E-state index is 11.7. The molecule has 1 aliphatic rings. The summed E-state index contributed by atoms with van der Waals surface area (Å²) in [6.45, 7) is 4.10. The average Bonchev–Trinajstić information content (AvgIpc) is 2.61. The maximum absolute atomic E-state index is 11.7. The van der Waals surface area contributed by atoms with Crippen LogP contribution in [0, 0.1) is 0 Å². The van der Waals surface area contributed by atoms with Gasteiger partial charge in [-0.25, -0.2) is 0 Å². The number of thioether (sulfide) groups is 1. The van der Waals surface area contributed by atoms with Gasteiger partial charge >= 0.3 is 0 Å². The van der Waals surface area contributed by atoms with Gasteiger partial charge in [-0.1, -0.05) is 12.1 Å². The first-order valence-electron chi connectivity index (χ1n) is 5.38. The van der Waals surface area contributed by atoms with Crippen LogP contribution in [0.3, 0.4) is 0 Å². The smallest absolute Gasteiger partial charge is 0.234 e. The highest BCUT2D eigenvalue weighted by molar-refractivity contribution is 8.00. The van der Waals surface area contributed by atoms with E-state index in [2.05, 4.69) is 0 Å². The number of rotatable bonds is 2. The van der Waals surface area contributed by atoms with Gasteiger partial charge in [0.25, 0.3) is 0 Å². The largest absolute Gasteiger partial charge is 0.399 e. The number of carbonyl (C=O) groups is 1. The summed E-state index contributed by atoms with van der Waals surface area (Å²) in [5, 5.41) is 0.146. The molecule has 1 aromatic rings. The molecule has 1 amide bonds. The molecule has 0 bridgehead atoms. The van der Waals surface area contributed by atoms with E-state index in [9.17, 15) is 4.79 Å². The Hall–Kier alpha value is -1.16. The molecule has 16 heavy (non-hydrogen) atoms. The SMILES string of the molecule is CC(C)N1C(=O)CSC1c1ccc(N)cc1. The van der Waals surface area contributed by atoms with E-state index in [0.717, 1.165) is 11.3 Å². The highest BCUT2D eigenvalue weighted by Crippen LogP contribution is 2.39. The standard InChI is InChI=1S/C12H16N2OS/c1-8(2)14-11(15)7-16-12(14)9-3-5-10(13)6-4-9/h3-6,8,12H,7,13H2,1-2H3. The number of nitrogens with zero attached hydrogens (tertiary/aromatic N) is 1. The highest BCUT2D eigenvalue weighted by Gasteiger charge is 2.34. The first kappa shape index (κ1) is 11.3. The van der Waals surface area contributed by atoms with Crippen LogP contribution in [0.4, 0.5) is 5.69 Å². The van der Waals surface area contributed by atoms with Gasteiger partial charge in [-0.3, -0.25) is 4.79 Å². The van der Waals surface area contributed by atoms with Gasteiger partial charge in [0.05, 0.1) is 5.75 Å². The van der Waals surface area contributed by atoms with Gasteiger partial charge in [-0.15, -0.1) is 11.8 Å². The van der Waals surface area contributed by atoms with Crippen LogP contribution in [0.5, 0.6) is 0 Å². The van der Waals surface area contributed by atoms with Gasteiger partial charge in [0.2, 0.25) is 5.91 Å². The molecule has 0 radical (unpaired) electrons. The van der Waals surface area contributed by atoms with E-state index in [1.807, 2.05) is 43.0 Å². The minimum absolute atomic E-state index is 0.146. The van der Waals surface area contributed by atoms with Crippen molar-refractivity contribution in [3.05, 3.63) is 29.8 Å². The quantitative estimate of drug-likeness (QED) is 0.801. The van der Waals surface area contributed by atoms with E-state index in [1.54, 1.807) is 11.8 Å². The Morgan fingerprint density at radius 2 is 2.00 bits per heavy atom. The van der Waals surface area contributed by atoms with Crippen LogP contribution in [-0.4, -0.2) is 22.6 Å². The van der Waals surface area contributed by atoms with Crippen molar-refractivity contribution in [3.63, 3.8) is 0 Å². The third-order valence-corrected chi connectivity index (χ3v) is 3.91. The Bertz CT molecular complexity index is 389. The zero-order valence-corrected chi connectivity index (χ0v) is 10.3. The van der Waals surface area contributed by atoms with Gasteiger partial charge in [0.1, 0.15) is 5.37 Å². The minimum atomic E-state index is 0.146. The van der Waals surface area contributed by atoms with Crippen LogP contribution in [0.2, 0.25) is 0 Å². The van der Waals surface area contributed by atoms with Crippen molar-refractivity contribution in [2.75, 3.05) is 11.5 Å². The van der Waals surface area contributed by atoms with Crippen LogP contribution in [0.15, 0.2) is 24.3 Å². The van der Waals surface area contributed by atoms with Crippen molar-refractivity contribution in [1.29, 1.82) is 0 Å². The number of nitrogens with two attached hydrogens (primary N) is 1. The summed E-state index contributed by atoms with van der Waals surface area (Å²) in [5.41, 5.74) is 7.57. The number of carbonyl (C=O) groups excluding carboxylic acids is 1. The maximum Gasteiger partial charge on any atom is 0.234 e. The summed E-state index contributed by atoms with van der Waals surface area (Å²) in [7, 11) is 0. The van der Waals surface area contributed by atoms with Gasteiger partial charge in [0.15, 0.2) is 0 Å². The highest BCUT2D eigenvalue weighted by atomic mass is 32.2. The van der Waals surface area contributed by atoms with Crippen LogP contribution >= 0.6 is 11.8 Å². The lowest BCUT2D eigenvalue weighted by atomic mass is 10.1. The van der Waals surface area contributed by atoms with E-state index < -0.39 is 0 Å². The molecule has 1 atom stereocenters. The normalized spacial score (nSPS) is 20.8. The zero-order valence-electron chi connectivity index (χ0n) is 9.51. The van der Waals surface area contributed by atoms with Crippen molar-refractivity contribution < 1.29 is 4.79 Å². The molecule has 86 valence electrons. The second-order valence-corrected chi connectivity index (χ2v) is 5.29. The fraction of sp³-hybridized carbons (Fsp3) is 0.417. The first-order valence-corrected chi connectivity index (χ1v) is 6.42. The van der Waals surface area contributed by atoms with Crippen molar-refractivity contribution in [1.82, 2.24) is 4.90 Å². The Morgan fingerprint density at radius 3 is 2.56 bits per heavy atom. The van der Waals surface area contributed by atoms with E-state index in [4.69, 9.17) is 5.73 Å². The lowest BCUT2D eigenvalue weighted by Crippen LogP contribution is -2.34. The molecular formula is C12H16N2OS. The first-order chi connectivity index (χ1) is 7.59. The second-order valence-electron chi connectivity index (χ2n) is 4.22. The number of nitrogen functional groups attached to an aromatic ring is 1. The molecule has 0 saturated carbocycles. The molecular weight excluding hydrogens is 220 g/mol. The summed E-state index contributed by atoms with van der Waals surface area (Å²) < 4.78 is 0. The summed E-state index contributed by atoms with van der Waals surface area (Å²) in [4.78, 5) is 13.7. The summed E-state index contributed by atoms with van der Waals surface area (Å²) >= 11 is 1.68. The van der Waals surface area contributed by atoms with Gasteiger partial charge in [-0.05, 0) is 31.5 Å². The number of hydrogen-bond donors (Lipinski definition) is 1. The van der Waals surface area contributed by atoms with Crippen molar-refractivity contribution >= 4 is 23.4 Å². The van der Waals surface area contributed by atoms with Crippen LogP contribution in [0.25, 0.3) is 0 Å². The third-order valence-electron chi connectivity index (χ3n) is 2.68. The molecule has 3 nitrogen and oxygen atoms in total. The fourth-order valence-electron chi connectivity index (χ4n) is 1.91. The van der Waals surface area contributed by atoms with E-state index in [0.29, 0.717) is 5.75 Å². The number of amides is 1. The fourth-order valence-corrected chi connectivity index (χ4v) is 3.23. The predicted octanol–water partition coefficient (Wildman–Crippen LogP) is 2.25. The van der Waals surface area contributed by atoms with Crippen LogP contribution < -0.4 is 5.73 Å². The molecule has 1 fully saturated rings. The number of hydrogen-bond acceptors (Lipinski definition) is 3. The Morgan fingerprint density at radius 1 is 1.38 bits per heavy atom. The molecule has 0 spiro atoms.